The number of nitrogens with zero attached hydrogens (tertiary/aromatic N) is 2. The molecule has 8 rings (SSSR count). The minimum absolute atomic E-state index is 0.917. The number of imidazole rings is 1. The Hall–Kier alpha value is -4.89. The molecule has 180 valence electrons. The van der Waals surface area contributed by atoms with Crippen LogP contribution < -0.4 is 4.74 Å². The third-order valence-corrected chi connectivity index (χ3v) is 7.76. The van der Waals surface area contributed by atoms with E-state index in [2.05, 4.69) is 121 Å². The van der Waals surface area contributed by atoms with Crippen molar-refractivity contribution in [2.24, 2.45) is 0 Å². The largest absolute Gasteiger partial charge is 0.456 e. The van der Waals surface area contributed by atoms with Crippen LogP contribution in [-0.4, -0.2) is 9.38 Å². The van der Waals surface area contributed by atoms with Crippen molar-refractivity contribution in [1.82, 2.24) is 9.38 Å². The fourth-order valence-corrected chi connectivity index (χ4v) is 5.92. The minimum Gasteiger partial charge on any atom is -0.456 e. The molecule has 0 atom stereocenters. The quantitative estimate of drug-likeness (QED) is 0.227. The van der Waals surface area contributed by atoms with Gasteiger partial charge >= 0.3 is 0 Å². The average molecular weight is 489 g/mol. The van der Waals surface area contributed by atoms with E-state index in [1.807, 2.05) is 6.07 Å². The van der Waals surface area contributed by atoms with Crippen molar-refractivity contribution in [3.05, 3.63) is 132 Å². The summed E-state index contributed by atoms with van der Waals surface area (Å²) in [5.41, 5.74) is 10.3. The average Bonchev–Trinajstić information content (AvgIpc) is 3.37. The summed E-state index contributed by atoms with van der Waals surface area (Å²) in [5.74, 6) is 1.92. The molecular formula is C35H24N2O. The molecule has 0 amide bonds. The highest BCUT2D eigenvalue weighted by atomic mass is 16.5. The SMILES string of the molecule is CC1=C(c2ccc(-c3ccc4c5ccccc5n5c6ccccc6nc5c4c3)cc2)Oc2ccccc2C1. The lowest BCUT2D eigenvalue weighted by atomic mass is 9.96. The molecule has 1 aliphatic heterocycles. The molecule has 5 aromatic carbocycles. The highest BCUT2D eigenvalue weighted by molar-refractivity contribution is 6.14. The number of allylic oxidation sites excluding steroid dienone is 1. The van der Waals surface area contributed by atoms with Crippen molar-refractivity contribution >= 4 is 44.1 Å². The Balaban J connectivity index is 1.27. The Morgan fingerprint density at radius 3 is 2.24 bits per heavy atom. The van der Waals surface area contributed by atoms with E-state index in [1.165, 1.54) is 38.6 Å². The van der Waals surface area contributed by atoms with E-state index in [4.69, 9.17) is 9.72 Å². The standard InChI is InChI=1S/C35H24N2O/c1-22-20-26-8-2-7-13-33(26)38-34(22)24-16-14-23(15-17-24)25-18-19-27-28-9-3-5-11-31(28)37-32-12-6-4-10-30(32)36-35(37)29(27)21-25/h2-19,21H,20H2,1H3. The van der Waals surface area contributed by atoms with Crippen molar-refractivity contribution in [1.29, 1.82) is 0 Å². The zero-order chi connectivity index (χ0) is 25.2. The van der Waals surface area contributed by atoms with Gasteiger partial charge in [-0.2, -0.15) is 0 Å². The van der Waals surface area contributed by atoms with Gasteiger partial charge in [-0.25, -0.2) is 4.98 Å². The van der Waals surface area contributed by atoms with E-state index < -0.39 is 0 Å². The third-order valence-electron chi connectivity index (χ3n) is 7.76. The molecule has 3 heterocycles. The molecule has 0 radical (unpaired) electrons. The maximum atomic E-state index is 6.32. The summed E-state index contributed by atoms with van der Waals surface area (Å²) in [6, 6.07) is 40.8. The number of fused-ring (bicyclic) bond motifs is 9. The fourth-order valence-electron chi connectivity index (χ4n) is 5.92. The first-order chi connectivity index (χ1) is 18.7. The summed E-state index contributed by atoms with van der Waals surface area (Å²) < 4.78 is 8.62. The normalized spacial score (nSPS) is 13.4. The highest BCUT2D eigenvalue weighted by Gasteiger charge is 2.18. The number of pyridine rings is 1. The number of hydrogen-bond acceptors (Lipinski definition) is 2. The van der Waals surface area contributed by atoms with Crippen LogP contribution in [0.25, 0.3) is 55.2 Å². The Morgan fingerprint density at radius 1 is 0.632 bits per heavy atom. The summed E-state index contributed by atoms with van der Waals surface area (Å²) in [6.45, 7) is 2.16. The van der Waals surface area contributed by atoms with Gasteiger partial charge in [-0.3, -0.25) is 4.40 Å². The topological polar surface area (TPSA) is 26.5 Å². The maximum absolute atomic E-state index is 6.32. The van der Waals surface area contributed by atoms with E-state index in [0.717, 1.165) is 45.6 Å². The van der Waals surface area contributed by atoms with Crippen LogP contribution in [0.3, 0.4) is 0 Å². The first-order valence-electron chi connectivity index (χ1n) is 13.0. The molecule has 0 aliphatic carbocycles. The van der Waals surface area contributed by atoms with Crippen molar-refractivity contribution in [2.75, 3.05) is 0 Å². The summed E-state index contributed by atoms with van der Waals surface area (Å²) in [6.07, 6.45) is 0.917. The van der Waals surface area contributed by atoms with Gasteiger partial charge in [-0.05, 0) is 64.9 Å². The second-order valence-electron chi connectivity index (χ2n) is 10.1. The second kappa shape index (κ2) is 8.06. The third kappa shape index (κ3) is 3.12. The number of aromatic nitrogens is 2. The van der Waals surface area contributed by atoms with Gasteiger partial charge in [0.25, 0.3) is 0 Å². The van der Waals surface area contributed by atoms with Gasteiger partial charge in [0, 0.05) is 22.8 Å². The lowest BCUT2D eigenvalue weighted by molar-refractivity contribution is 0.491. The maximum Gasteiger partial charge on any atom is 0.146 e. The zero-order valence-electron chi connectivity index (χ0n) is 21.0. The van der Waals surface area contributed by atoms with Crippen molar-refractivity contribution in [3.63, 3.8) is 0 Å². The van der Waals surface area contributed by atoms with Gasteiger partial charge in [0.2, 0.25) is 0 Å². The molecule has 0 N–H and O–H groups in total. The first-order valence-corrected chi connectivity index (χ1v) is 13.0. The van der Waals surface area contributed by atoms with E-state index in [1.54, 1.807) is 0 Å². The minimum atomic E-state index is 0.917. The number of rotatable bonds is 2. The molecule has 0 fully saturated rings. The van der Waals surface area contributed by atoms with E-state index in [9.17, 15) is 0 Å². The summed E-state index contributed by atoms with van der Waals surface area (Å²) in [7, 11) is 0. The lowest BCUT2D eigenvalue weighted by Gasteiger charge is -2.22. The van der Waals surface area contributed by atoms with Crippen LogP contribution in [0.4, 0.5) is 0 Å². The Bertz CT molecular complexity index is 2080. The van der Waals surface area contributed by atoms with Crippen molar-refractivity contribution in [2.45, 2.75) is 13.3 Å². The summed E-state index contributed by atoms with van der Waals surface area (Å²) >= 11 is 0. The molecule has 0 spiro atoms. The molecule has 0 bridgehead atoms. The van der Waals surface area contributed by atoms with Crippen LogP contribution in [0, 0.1) is 0 Å². The second-order valence-corrected chi connectivity index (χ2v) is 10.1. The molecule has 3 nitrogen and oxygen atoms in total. The van der Waals surface area contributed by atoms with Gasteiger partial charge in [0.05, 0.1) is 16.6 Å². The van der Waals surface area contributed by atoms with Crippen LogP contribution >= 0.6 is 0 Å². The van der Waals surface area contributed by atoms with Gasteiger partial charge < -0.3 is 4.74 Å². The smallest absolute Gasteiger partial charge is 0.146 e. The first kappa shape index (κ1) is 21.2. The zero-order valence-corrected chi connectivity index (χ0v) is 21.0. The Kier molecular flexibility index (Phi) is 4.50. The van der Waals surface area contributed by atoms with Crippen molar-refractivity contribution in [3.8, 4) is 16.9 Å². The molecule has 0 saturated carbocycles. The summed E-state index contributed by atoms with van der Waals surface area (Å²) in [5, 5.41) is 3.61. The van der Waals surface area contributed by atoms with Crippen LogP contribution in [-0.2, 0) is 6.42 Å². The predicted molar refractivity (Wildman–Crippen MR) is 157 cm³/mol. The van der Waals surface area contributed by atoms with Gasteiger partial charge in [-0.1, -0.05) is 84.9 Å². The highest BCUT2D eigenvalue weighted by Crippen LogP contribution is 2.37. The number of benzene rings is 5. The predicted octanol–water partition coefficient (Wildman–Crippen LogP) is 8.83. The van der Waals surface area contributed by atoms with Gasteiger partial charge in [0.1, 0.15) is 17.2 Å². The van der Waals surface area contributed by atoms with Crippen LogP contribution in [0.15, 0.2) is 121 Å². The molecule has 7 aromatic rings. The Morgan fingerprint density at radius 2 is 1.34 bits per heavy atom. The molecule has 38 heavy (non-hydrogen) atoms. The van der Waals surface area contributed by atoms with Gasteiger partial charge in [0.15, 0.2) is 0 Å². The monoisotopic (exact) mass is 488 g/mol. The van der Waals surface area contributed by atoms with E-state index in [-0.39, 0.29) is 0 Å². The van der Waals surface area contributed by atoms with E-state index >= 15 is 0 Å². The van der Waals surface area contributed by atoms with Crippen LogP contribution in [0.1, 0.15) is 18.1 Å². The number of ether oxygens (including phenoxy) is 1. The number of para-hydroxylation sites is 4. The van der Waals surface area contributed by atoms with Crippen LogP contribution in [0.5, 0.6) is 5.75 Å². The fraction of sp³-hybridized carbons (Fsp3) is 0.0571. The molecule has 0 unspecified atom stereocenters. The van der Waals surface area contributed by atoms with Gasteiger partial charge in [-0.15, -0.1) is 0 Å². The van der Waals surface area contributed by atoms with Crippen LogP contribution in [0.2, 0.25) is 0 Å². The lowest BCUT2D eigenvalue weighted by Crippen LogP contribution is -2.07. The molecule has 0 saturated heterocycles. The molecule has 2 aromatic heterocycles. The molecular weight excluding hydrogens is 464 g/mol. The van der Waals surface area contributed by atoms with E-state index in [0.29, 0.717) is 0 Å². The molecule has 3 heteroatoms. The van der Waals surface area contributed by atoms with Crippen molar-refractivity contribution < 1.29 is 4.74 Å². The molecule has 1 aliphatic rings. The summed E-state index contributed by atoms with van der Waals surface area (Å²) in [4.78, 5) is 5.07. The number of hydrogen-bond donors (Lipinski definition) is 0. The Labute approximate surface area is 220 Å².